The monoisotopic (exact) mass is 272 g/mol. The third kappa shape index (κ3) is 3.33. The third-order valence-electron chi connectivity index (χ3n) is 2.97. The zero-order chi connectivity index (χ0) is 13.7. The van der Waals surface area contributed by atoms with Gasteiger partial charge in [0.05, 0.1) is 11.6 Å². The van der Waals surface area contributed by atoms with Gasteiger partial charge in [0.25, 0.3) is 0 Å². The lowest BCUT2D eigenvalue weighted by Gasteiger charge is -2.10. The summed E-state index contributed by atoms with van der Waals surface area (Å²) in [5, 5.41) is 14.5. The summed E-state index contributed by atoms with van der Waals surface area (Å²) in [4.78, 5) is 0. The Balaban J connectivity index is 2.20. The van der Waals surface area contributed by atoms with Crippen LogP contribution in [0.2, 0.25) is 0 Å². The van der Waals surface area contributed by atoms with Gasteiger partial charge in [-0.3, -0.25) is 4.21 Å². The second-order valence-corrected chi connectivity index (χ2v) is 5.93. The van der Waals surface area contributed by atoms with E-state index in [4.69, 9.17) is 5.26 Å². The van der Waals surface area contributed by atoms with Gasteiger partial charge in [0.2, 0.25) is 0 Å². The third-order valence-corrected chi connectivity index (χ3v) is 3.83. The van der Waals surface area contributed by atoms with Crippen LogP contribution in [-0.4, -0.2) is 22.8 Å². The average Bonchev–Trinajstić information content (AvgIpc) is 2.43. The smallest absolute Gasteiger partial charge is 0.0998 e. The highest BCUT2D eigenvalue weighted by atomic mass is 32.2. The summed E-state index contributed by atoms with van der Waals surface area (Å²) < 4.78 is 11.0. The lowest BCUT2D eigenvalue weighted by atomic mass is 10.0. The molecule has 0 heterocycles. The second-order valence-electron chi connectivity index (χ2n) is 4.38. The van der Waals surface area contributed by atoms with Crippen LogP contribution in [0.15, 0.2) is 36.4 Å². The van der Waals surface area contributed by atoms with Crippen molar-refractivity contribution in [1.82, 2.24) is 0 Å². The Labute approximate surface area is 115 Å². The maximum Gasteiger partial charge on any atom is 0.0998 e. The molecule has 0 bridgehead atoms. The van der Waals surface area contributed by atoms with Crippen molar-refractivity contribution < 1.29 is 4.21 Å². The maximum atomic E-state index is 11.0. The van der Waals surface area contributed by atoms with E-state index in [1.807, 2.05) is 36.4 Å². The predicted molar refractivity (Wildman–Crippen MR) is 80.7 cm³/mol. The Morgan fingerprint density at radius 3 is 2.63 bits per heavy atom. The van der Waals surface area contributed by atoms with E-state index in [2.05, 4.69) is 11.4 Å². The average molecular weight is 272 g/mol. The van der Waals surface area contributed by atoms with Crippen LogP contribution >= 0.6 is 0 Å². The fourth-order valence-electron chi connectivity index (χ4n) is 2.05. The summed E-state index contributed by atoms with van der Waals surface area (Å²) in [6.07, 6.45) is 2.59. The number of nitrogens with one attached hydrogen (secondary N) is 1. The first-order valence-electron chi connectivity index (χ1n) is 6.18. The van der Waals surface area contributed by atoms with Gasteiger partial charge < -0.3 is 5.32 Å². The van der Waals surface area contributed by atoms with Gasteiger partial charge >= 0.3 is 0 Å². The van der Waals surface area contributed by atoms with Crippen LogP contribution in [0.3, 0.4) is 0 Å². The molecule has 0 fully saturated rings. The van der Waals surface area contributed by atoms with Crippen molar-refractivity contribution in [3.63, 3.8) is 0 Å². The molecule has 1 unspecified atom stereocenters. The normalized spacial score (nSPS) is 12.0. The molecule has 0 aromatic heterocycles. The number of hydrogen-bond donors (Lipinski definition) is 1. The molecule has 2 aromatic rings. The van der Waals surface area contributed by atoms with Crippen molar-refractivity contribution in [3.8, 4) is 6.07 Å². The van der Waals surface area contributed by atoms with Crippen LogP contribution in [0, 0.1) is 11.3 Å². The summed E-state index contributed by atoms with van der Waals surface area (Å²) in [6.45, 7) is 0.787. The van der Waals surface area contributed by atoms with Crippen LogP contribution in [0.25, 0.3) is 10.8 Å². The lowest BCUT2D eigenvalue weighted by Crippen LogP contribution is -2.06. The highest BCUT2D eigenvalue weighted by molar-refractivity contribution is 7.84. The first kappa shape index (κ1) is 13.6. The Kier molecular flexibility index (Phi) is 4.53. The molecular weight excluding hydrogens is 256 g/mol. The molecule has 0 amide bonds. The summed E-state index contributed by atoms with van der Waals surface area (Å²) >= 11 is 0. The molecular formula is C15H16N2OS. The molecule has 2 rings (SSSR count). The molecule has 1 N–H and O–H groups in total. The van der Waals surface area contributed by atoms with E-state index >= 15 is 0 Å². The lowest BCUT2D eigenvalue weighted by molar-refractivity contribution is 0.685. The van der Waals surface area contributed by atoms with E-state index in [-0.39, 0.29) is 0 Å². The highest BCUT2D eigenvalue weighted by Crippen LogP contribution is 2.26. The minimum absolute atomic E-state index is 0.691. The van der Waals surface area contributed by atoms with E-state index < -0.39 is 10.8 Å². The Hall–Kier alpha value is -1.86. The predicted octanol–water partition coefficient (Wildman–Crippen LogP) is 2.89. The molecule has 0 aliphatic carbocycles. The van der Waals surface area contributed by atoms with E-state index in [1.165, 1.54) is 0 Å². The van der Waals surface area contributed by atoms with Crippen LogP contribution in [0.4, 0.5) is 5.69 Å². The van der Waals surface area contributed by atoms with Gasteiger partial charge in [-0.1, -0.05) is 24.3 Å². The molecule has 19 heavy (non-hydrogen) atoms. The summed E-state index contributed by atoms with van der Waals surface area (Å²) in [6, 6.07) is 13.9. The molecule has 2 aromatic carbocycles. The van der Waals surface area contributed by atoms with Crippen molar-refractivity contribution in [2.75, 3.05) is 23.9 Å². The van der Waals surface area contributed by atoms with Crippen molar-refractivity contribution in [2.45, 2.75) is 6.42 Å². The van der Waals surface area contributed by atoms with Crippen LogP contribution in [-0.2, 0) is 10.8 Å². The Morgan fingerprint density at radius 1 is 1.21 bits per heavy atom. The van der Waals surface area contributed by atoms with Crippen LogP contribution in [0.1, 0.15) is 12.0 Å². The molecule has 0 radical (unpaired) electrons. The largest absolute Gasteiger partial charge is 0.385 e. The molecule has 3 nitrogen and oxygen atoms in total. The molecule has 4 heteroatoms. The first-order valence-corrected chi connectivity index (χ1v) is 7.91. The van der Waals surface area contributed by atoms with Gasteiger partial charge in [-0.15, -0.1) is 0 Å². The molecule has 0 saturated carbocycles. The Morgan fingerprint density at radius 2 is 1.95 bits per heavy atom. The SMILES string of the molecule is CS(=O)CCCNc1ccc(C#N)c2ccccc12. The van der Waals surface area contributed by atoms with Gasteiger partial charge in [0, 0.05) is 45.8 Å². The number of nitrogens with zero attached hydrogens (tertiary/aromatic N) is 1. The van der Waals surface area contributed by atoms with Crippen molar-refractivity contribution in [1.29, 1.82) is 5.26 Å². The molecule has 0 spiro atoms. The second kappa shape index (κ2) is 6.35. The molecule has 1 atom stereocenters. The van der Waals surface area contributed by atoms with Gasteiger partial charge in [-0.25, -0.2) is 0 Å². The van der Waals surface area contributed by atoms with Crippen LogP contribution < -0.4 is 5.32 Å². The zero-order valence-corrected chi connectivity index (χ0v) is 11.7. The van der Waals surface area contributed by atoms with Crippen LogP contribution in [0.5, 0.6) is 0 Å². The highest BCUT2D eigenvalue weighted by Gasteiger charge is 2.04. The number of nitriles is 1. The topological polar surface area (TPSA) is 52.9 Å². The molecule has 0 saturated heterocycles. The molecule has 0 aliphatic heterocycles. The first-order chi connectivity index (χ1) is 9.22. The van der Waals surface area contributed by atoms with E-state index in [1.54, 1.807) is 6.26 Å². The zero-order valence-electron chi connectivity index (χ0n) is 10.8. The van der Waals surface area contributed by atoms with Gasteiger partial charge in [-0.05, 0) is 18.6 Å². The minimum atomic E-state index is -0.739. The standard InChI is InChI=1S/C15H16N2OS/c1-19(18)10-4-9-17-15-8-7-12(11-16)13-5-2-3-6-14(13)15/h2-3,5-8,17H,4,9-10H2,1H3. The summed E-state index contributed by atoms with van der Waals surface area (Å²) in [5.74, 6) is 0.710. The fourth-order valence-corrected chi connectivity index (χ4v) is 2.60. The summed E-state index contributed by atoms with van der Waals surface area (Å²) in [5.41, 5.74) is 1.72. The number of benzene rings is 2. The minimum Gasteiger partial charge on any atom is -0.385 e. The maximum absolute atomic E-state index is 11.0. The summed E-state index contributed by atoms with van der Waals surface area (Å²) in [7, 11) is -0.739. The molecule has 98 valence electrons. The van der Waals surface area contributed by atoms with Crippen molar-refractivity contribution >= 4 is 27.3 Å². The van der Waals surface area contributed by atoms with E-state index in [0.717, 1.165) is 29.4 Å². The van der Waals surface area contributed by atoms with E-state index in [0.29, 0.717) is 11.3 Å². The van der Waals surface area contributed by atoms with Gasteiger partial charge in [0.15, 0.2) is 0 Å². The number of rotatable bonds is 5. The number of hydrogen-bond acceptors (Lipinski definition) is 3. The number of fused-ring (bicyclic) bond motifs is 1. The van der Waals surface area contributed by atoms with E-state index in [9.17, 15) is 4.21 Å². The van der Waals surface area contributed by atoms with Crippen molar-refractivity contribution in [2.24, 2.45) is 0 Å². The van der Waals surface area contributed by atoms with Gasteiger partial charge in [-0.2, -0.15) is 5.26 Å². The fraction of sp³-hybridized carbons (Fsp3) is 0.267. The molecule has 0 aliphatic rings. The van der Waals surface area contributed by atoms with Crippen molar-refractivity contribution in [3.05, 3.63) is 42.0 Å². The van der Waals surface area contributed by atoms with Gasteiger partial charge in [0.1, 0.15) is 0 Å². The Bertz CT molecular complexity index is 646. The number of anilines is 1. The quantitative estimate of drug-likeness (QED) is 0.851.